The number of H-pyrrole nitrogens is 1. The van der Waals surface area contributed by atoms with Crippen LogP contribution >= 0.6 is 0 Å². The number of fused-ring (bicyclic) bond motifs is 2. The van der Waals surface area contributed by atoms with Gasteiger partial charge < -0.3 is 4.98 Å². The first-order valence-electron chi connectivity index (χ1n) is 7.44. The van der Waals surface area contributed by atoms with Crippen LogP contribution in [0.15, 0.2) is 67.0 Å². The van der Waals surface area contributed by atoms with Crippen LogP contribution in [0.1, 0.15) is 11.1 Å². The largest absolute Gasteiger partial charge is 0.361 e. The Morgan fingerprint density at radius 1 is 0.955 bits per heavy atom. The summed E-state index contributed by atoms with van der Waals surface area (Å²) in [6.07, 6.45) is 8.45. The number of para-hydroxylation sites is 1. The lowest BCUT2D eigenvalue weighted by molar-refractivity contribution is -0.644. The molecule has 22 heavy (non-hydrogen) atoms. The molecule has 0 aliphatic heterocycles. The number of pyridine rings is 1. The van der Waals surface area contributed by atoms with Gasteiger partial charge in [-0.05, 0) is 40.8 Å². The van der Waals surface area contributed by atoms with Crippen LogP contribution in [-0.2, 0) is 7.05 Å². The highest BCUT2D eigenvalue weighted by Gasteiger charge is 2.06. The second-order valence-corrected chi connectivity index (χ2v) is 5.56. The van der Waals surface area contributed by atoms with E-state index in [-0.39, 0.29) is 0 Å². The first-order chi connectivity index (χ1) is 10.8. The monoisotopic (exact) mass is 285 g/mol. The lowest BCUT2D eigenvalue weighted by Crippen LogP contribution is -2.28. The molecule has 0 atom stereocenters. The molecule has 1 N–H and O–H groups in total. The van der Waals surface area contributed by atoms with E-state index in [4.69, 9.17) is 0 Å². The van der Waals surface area contributed by atoms with Gasteiger partial charge in [-0.15, -0.1) is 0 Å². The Hall–Kier alpha value is -2.87. The van der Waals surface area contributed by atoms with Gasteiger partial charge in [0.05, 0.1) is 5.39 Å². The molecule has 0 fully saturated rings. The molecule has 2 heterocycles. The van der Waals surface area contributed by atoms with E-state index in [0.717, 1.165) is 0 Å². The Kier molecular flexibility index (Phi) is 3.01. The Bertz CT molecular complexity index is 993. The number of aryl methyl sites for hydroxylation is 1. The topological polar surface area (TPSA) is 19.7 Å². The van der Waals surface area contributed by atoms with Crippen molar-refractivity contribution < 1.29 is 4.57 Å². The Morgan fingerprint density at radius 2 is 1.86 bits per heavy atom. The molecule has 4 aromatic rings. The summed E-state index contributed by atoms with van der Waals surface area (Å²) in [5.41, 5.74) is 4.87. The van der Waals surface area contributed by atoms with Crippen LogP contribution in [0.25, 0.3) is 34.0 Å². The van der Waals surface area contributed by atoms with Gasteiger partial charge >= 0.3 is 0 Å². The zero-order chi connectivity index (χ0) is 14.9. The first-order valence-corrected chi connectivity index (χ1v) is 7.44. The number of aromatic nitrogens is 2. The fraction of sp³-hybridized carbons (Fsp3) is 0.0500. The summed E-state index contributed by atoms with van der Waals surface area (Å²) >= 11 is 0. The fourth-order valence-electron chi connectivity index (χ4n) is 2.89. The second kappa shape index (κ2) is 5.15. The van der Waals surface area contributed by atoms with Gasteiger partial charge in [0.15, 0.2) is 6.20 Å². The van der Waals surface area contributed by atoms with E-state index >= 15 is 0 Å². The van der Waals surface area contributed by atoms with Crippen molar-refractivity contribution in [2.45, 2.75) is 0 Å². The molecular formula is C20H17N2+. The van der Waals surface area contributed by atoms with Crippen LogP contribution < -0.4 is 4.57 Å². The van der Waals surface area contributed by atoms with E-state index < -0.39 is 0 Å². The summed E-state index contributed by atoms with van der Waals surface area (Å²) in [7, 11) is 2.08. The Labute approximate surface area is 129 Å². The van der Waals surface area contributed by atoms with Gasteiger partial charge in [-0.2, -0.15) is 0 Å². The minimum Gasteiger partial charge on any atom is -0.361 e. The van der Waals surface area contributed by atoms with Crippen molar-refractivity contribution in [1.82, 2.24) is 4.98 Å². The zero-order valence-electron chi connectivity index (χ0n) is 12.5. The van der Waals surface area contributed by atoms with Crippen LogP contribution in [0.2, 0.25) is 0 Å². The van der Waals surface area contributed by atoms with Crippen LogP contribution in [-0.4, -0.2) is 4.98 Å². The smallest absolute Gasteiger partial charge is 0.212 e. The highest BCUT2D eigenvalue weighted by Crippen LogP contribution is 2.19. The van der Waals surface area contributed by atoms with Crippen LogP contribution in [0.3, 0.4) is 0 Å². The third kappa shape index (κ3) is 2.19. The number of nitrogens with one attached hydrogen (secondary N) is 1. The van der Waals surface area contributed by atoms with Gasteiger partial charge in [-0.25, -0.2) is 4.57 Å². The van der Waals surface area contributed by atoms with Crippen LogP contribution in [0.5, 0.6) is 0 Å². The second-order valence-electron chi connectivity index (χ2n) is 5.56. The highest BCUT2D eigenvalue weighted by atomic mass is 14.9. The third-order valence-electron chi connectivity index (χ3n) is 4.11. The quantitative estimate of drug-likeness (QED) is 0.529. The van der Waals surface area contributed by atoms with Crippen LogP contribution in [0.4, 0.5) is 0 Å². The molecule has 0 amide bonds. The molecule has 2 aromatic carbocycles. The van der Waals surface area contributed by atoms with Gasteiger partial charge in [-0.3, -0.25) is 0 Å². The van der Waals surface area contributed by atoms with Gasteiger partial charge in [0.25, 0.3) is 0 Å². The van der Waals surface area contributed by atoms with E-state index in [0.29, 0.717) is 0 Å². The van der Waals surface area contributed by atoms with E-state index in [1.807, 2.05) is 6.20 Å². The summed E-state index contributed by atoms with van der Waals surface area (Å²) in [6.45, 7) is 0. The summed E-state index contributed by atoms with van der Waals surface area (Å²) in [5, 5.41) is 2.51. The molecule has 0 unspecified atom stereocenters. The SMILES string of the molecule is C[n+]1ccc(C=Cc2ccc3[nH]ccc3c2)c2ccccc21. The van der Waals surface area contributed by atoms with Gasteiger partial charge in [0.1, 0.15) is 7.05 Å². The summed E-state index contributed by atoms with van der Waals surface area (Å²) < 4.78 is 2.15. The fourth-order valence-corrected chi connectivity index (χ4v) is 2.89. The molecule has 2 heteroatoms. The molecular weight excluding hydrogens is 268 g/mol. The molecule has 0 spiro atoms. The number of rotatable bonds is 2. The molecule has 0 radical (unpaired) electrons. The molecule has 4 rings (SSSR count). The minimum atomic E-state index is 1.18. The lowest BCUT2D eigenvalue weighted by atomic mass is 10.1. The molecule has 2 aromatic heterocycles. The van der Waals surface area contributed by atoms with Crippen LogP contribution in [0, 0.1) is 0 Å². The maximum absolute atomic E-state index is 3.22. The van der Waals surface area contributed by atoms with Gasteiger partial charge in [0.2, 0.25) is 5.52 Å². The van der Waals surface area contributed by atoms with Crippen molar-refractivity contribution in [2.75, 3.05) is 0 Å². The van der Waals surface area contributed by atoms with Crippen molar-refractivity contribution in [1.29, 1.82) is 0 Å². The maximum atomic E-state index is 3.22. The number of nitrogens with zero attached hydrogens (tertiary/aromatic N) is 1. The summed E-state index contributed by atoms with van der Waals surface area (Å²) in [4.78, 5) is 3.22. The van der Waals surface area contributed by atoms with Crippen molar-refractivity contribution in [3.63, 3.8) is 0 Å². The predicted molar refractivity (Wildman–Crippen MR) is 92.4 cm³/mol. The molecule has 0 aliphatic rings. The normalized spacial score (nSPS) is 11.7. The number of aromatic amines is 1. The van der Waals surface area contributed by atoms with Crippen molar-refractivity contribution >= 4 is 34.0 Å². The Balaban J connectivity index is 1.78. The minimum absolute atomic E-state index is 1.18. The number of hydrogen-bond acceptors (Lipinski definition) is 0. The molecule has 0 aliphatic carbocycles. The van der Waals surface area contributed by atoms with E-state index in [2.05, 4.69) is 89.5 Å². The first kappa shape index (κ1) is 12.8. The molecule has 106 valence electrons. The van der Waals surface area contributed by atoms with E-state index in [1.54, 1.807) is 0 Å². The van der Waals surface area contributed by atoms with Gasteiger partial charge in [0, 0.05) is 23.8 Å². The van der Waals surface area contributed by atoms with E-state index in [1.165, 1.54) is 32.9 Å². The average Bonchev–Trinajstić information content (AvgIpc) is 3.02. The summed E-state index contributed by atoms with van der Waals surface area (Å²) in [6, 6.07) is 19.2. The van der Waals surface area contributed by atoms with Crippen molar-refractivity contribution in [3.8, 4) is 0 Å². The van der Waals surface area contributed by atoms with Crippen molar-refractivity contribution in [3.05, 3.63) is 78.1 Å². The summed E-state index contributed by atoms with van der Waals surface area (Å²) in [5.74, 6) is 0. The molecule has 2 nitrogen and oxygen atoms in total. The zero-order valence-corrected chi connectivity index (χ0v) is 12.5. The lowest BCUT2D eigenvalue weighted by Gasteiger charge is -2.01. The Morgan fingerprint density at radius 3 is 2.82 bits per heavy atom. The average molecular weight is 285 g/mol. The predicted octanol–water partition coefficient (Wildman–Crippen LogP) is 4.32. The third-order valence-corrected chi connectivity index (χ3v) is 4.11. The molecule has 0 saturated carbocycles. The molecule has 0 bridgehead atoms. The van der Waals surface area contributed by atoms with E-state index in [9.17, 15) is 0 Å². The maximum Gasteiger partial charge on any atom is 0.212 e. The molecule has 0 saturated heterocycles. The number of hydrogen-bond donors (Lipinski definition) is 1. The van der Waals surface area contributed by atoms with Crippen molar-refractivity contribution in [2.24, 2.45) is 7.05 Å². The number of benzene rings is 2. The van der Waals surface area contributed by atoms with Gasteiger partial charge in [-0.1, -0.05) is 30.4 Å². The standard InChI is InChI=1S/C20H16N2/c1-22-13-11-16(18-4-2-3-5-20(18)22)8-6-15-7-9-19-17(14-15)10-12-21-19/h2-14H,1H3/p+1. The highest BCUT2D eigenvalue weighted by molar-refractivity contribution is 5.90.